The van der Waals surface area contributed by atoms with E-state index in [1.165, 1.54) is 13.3 Å². The predicted octanol–water partition coefficient (Wildman–Crippen LogP) is 2.20. The minimum absolute atomic E-state index is 0.0158. The normalized spacial score (nSPS) is 36.5. The summed E-state index contributed by atoms with van der Waals surface area (Å²) < 4.78 is 0. The van der Waals surface area contributed by atoms with Crippen LogP contribution in [0.1, 0.15) is 46.5 Å². The van der Waals surface area contributed by atoms with E-state index in [4.69, 9.17) is 0 Å². The second-order valence-corrected chi connectivity index (χ2v) is 6.64. The first-order valence-electron chi connectivity index (χ1n) is 7.15. The SMILES string of the molecule is CC(=O)C1=C(O)[C@H]2[C@H]3CCCC[C@H]3C(C)(C)N2C1=O. The molecule has 2 fully saturated rings. The third kappa shape index (κ3) is 1.46. The molecular weight excluding hydrogens is 242 g/mol. The summed E-state index contributed by atoms with van der Waals surface area (Å²) >= 11 is 0. The van der Waals surface area contributed by atoms with Crippen molar-refractivity contribution in [2.45, 2.75) is 58.0 Å². The molecule has 19 heavy (non-hydrogen) atoms. The lowest BCUT2D eigenvalue weighted by atomic mass is 9.71. The van der Waals surface area contributed by atoms with Gasteiger partial charge in [-0.15, -0.1) is 0 Å². The Morgan fingerprint density at radius 3 is 2.58 bits per heavy atom. The molecule has 0 spiro atoms. The predicted molar refractivity (Wildman–Crippen MR) is 70.5 cm³/mol. The number of aliphatic hydroxyl groups is 1. The van der Waals surface area contributed by atoms with Gasteiger partial charge in [0.25, 0.3) is 5.91 Å². The van der Waals surface area contributed by atoms with E-state index in [2.05, 4.69) is 13.8 Å². The second kappa shape index (κ2) is 3.84. The molecule has 4 nitrogen and oxygen atoms in total. The Morgan fingerprint density at radius 2 is 1.95 bits per heavy atom. The molecule has 1 amide bonds. The number of hydrogen-bond donors (Lipinski definition) is 1. The van der Waals surface area contributed by atoms with Gasteiger partial charge in [0.15, 0.2) is 5.78 Å². The zero-order chi connectivity index (χ0) is 13.9. The molecule has 0 aromatic rings. The van der Waals surface area contributed by atoms with Crippen LogP contribution in [0, 0.1) is 11.8 Å². The lowest BCUT2D eigenvalue weighted by Gasteiger charge is -2.37. The van der Waals surface area contributed by atoms with Gasteiger partial charge in [-0.05, 0) is 45.4 Å². The molecule has 0 radical (unpaired) electrons. The van der Waals surface area contributed by atoms with Gasteiger partial charge in [-0.2, -0.15) is 0 Å². The van der Waals surface area contributed by atoms with Crippen LogP contribution in [-0.4, -0.2) is 33.3 Å². The minimum Gasteiger partial charge on any atom is -0.509 e. The fourth-order valence-corrected chi connectivity index (χ4v) is 4.57. The quantitative estimate of drug-likeness (QED) is 0.738. The molecule has 2 heterocycles. The molecular formula is C15H21NO3. The van der Waals surface area contributed by atoms with Gasteiger partial charge in [0.05, 0.1) is 6.04 Å². The number of nitrogens with zero attached hydrogens (tertiary/aromatic N) is 1. The molecule has 1 aliphatic carbocycles. The number of amides is 1. The summed E-state index contributed by atoms with van der Waals surface area (Å²) in [6.07, 6.45) is 4.50. The molecule has 3 rings (SSSR count). The van der Waals surface area contributed by atoms with Crippen molar-refractivity contribution in [1.29, 1.82) is 0 Å². The highest BCUT2D eigenvalue weighted by atomic mass is 16.3. The number of rotatable bonds is 1. The van der Waals surface area contributed by atoms with E-state index in [-0.39, 0.29) is 34.6 Å². The van der Waals surface area contributed by atoms with Crippen molar-refractivity contribution in [2.24, 2.45) is 11.8 Å². The van der Waals surface area contributed by atoms with E-state index in [1.807, 2.05) is 0 Å². The Balaban J connectivity index is 2.09. The van der Waals surface area contributed by atoms with Crippen LogP contribution in [0.4, 0.5) is 0 Å². The van der Waals surface area contributed by atoms with Crippen LogP contribution >= 0.6 is 0 Å². The Morgan fingerprint density at radius 1 is 1.32 bits per heavy atom. The molecule has 3 aliphatic rings. The maximum Gasteiger partial charge on any atom is 0.262 e. The first-order chi connectivity index (χ1) is 8.87. The van der Waals surface area contributed by atoms with Gasteiger partial charge in [-0.25, -0.2) is 0 Å². The third-order valence-electron chi connectivity index (χ3n) is 5.35. The highest BCUT2D eigenvalue weighted by molar-refractivity contribution is 6.21. The van der Waals surface area contributed by atoms with Gasteiger partial charge in [0, 0.05) is 5.54 Å². The number of hydrogen-bond acceptors (Lipinski definition) is 3. The molecule has 0 bridgehead atoms. The fraction of sp³-hybridized carbons (Fsp3) is 0.733. The van der Waals surface area contributed by atoms with Crippen LogP contribution in [0.2, 0.25) is 0 Å². The lowest BCUT2D eigenvalue weighted by Crippen LogP contribution is -2.47. The number of fused-ring (bicyclic) bond motifs is 3. The van der Waals surface area contributed by atoms with Gasteiger partial charge in [0.2, 0.25) is 0 Å². The number of aliphatic hydroxyl groups excluding tert-OH is 1. The van der Waals surface area contributed by atoms with E-state index < -0.39 is 0 Å². The van der Waals surface area contributed by atoms with E-state index in [0.717, 1.165) is 19.3 Å². The standard InChI is InChI=1S/C15H21NO3/c1-8(17)11-13(18)12-9-6-4-5-7-10(9)15(2,3)16(12)14(11)19/h9-10,12,18H,4-7H2,1-3H3/t9-,10+,12+/m0/s1. The molecule has 2 aliphatic heterocycles. The van der Waals surface area contributed by atoms with E-state index in [0.29, 0.717) is 11.8 Å². The smallest absolute Gasteiger partial charge is 0.262 e. The summed E-state index contributed by atoms with van der Waals surface area (Å²) in [4.78, 5) is 25.9. The lowest BCUT2D eigenvalue weighted by molar-refractivity contribution is -0.132. The first-order valence-corrected chi connectivity index (χ1v) is 7.15. The van der Waals surface area contributed by atoms with Crippen molar-refractivity contribution < 1.29 is 14.7 Å². The number of carbonyl (C=O) groups is 2. The molecule has 3 atom stereocenters. The topological polar surface area (TPSA) is 57.6 Å². The fourth-order valence-electron chi connectivity index (χ4n) is 4.57. The summed E-state index contributed by atoms with van der Waals surface area (Å²) in [6, 6.07) is -0.258. The highest BCUT2D eigenvalue weighted by Gasteiger charge is 2.61. The molecule has 1 saturated heterocycles. The molecule has 4 heteroatoms. The molecule has 0 aromatic carbocycles. The summed E-state index contributed by atoms with van der Waals surface area (Å²) in [5, 5.41) is 10.4. The summed E-state index contributed by atoms with van der Waals surface area (Å²) in [5.41, 5.74) is -0.250. The minimum atomic E-state index is -0.319. The van der Waals surface area contributed by atoms with E-state index >= 15 is 0 Å². The zero-order valence-corrected chi connectivity index (χ0v) is 11.8. The van der Waals surface area contributed by atoms with Crippen LogP contribution < -0.4 is 0 Å². The molecule has 0 unspecified atom stereocenters. The molecule has 1 N–H and O–H groups in total. The van der Waals surface area contributed by atoms with Crippen molar-refractivity contribution in [1.82, 2.24) is 4.90 Å². The Labute approximate surface area is 113 Å². The van der Waals surface area contributed by atoms with Crippen LogP contribution in [0.25, 0.3) is 0 Å². The maximum absolute atomic E-state index is 12.5. The van der Waals surface area contributed by atoms with Crippen molar-refractivity contribution in [3.8, 4) is 0 Å². The number of Topliss-reactive ketones (excluding diaryl/α,β-unsaturated/α-hetero) is 1. The first kappa shape index (κ1) is 12.7. The van der Waals surface area contributed by atoms with Crippen molar-refractivity contribution in [2.75, 3.05) is 0 Å². The second-order valence-electron chi connectivity index (χ2n) is 6.64. The third-order valence-corrected chi connectivity index (χ3v) is 5.35. The average Bonchev–Trinajstić information content (AvgIpc) is 2.73. The largest absolute Gasteiger partial charge is 0.509 e. The summed E-state index contributed by atoms with van der Waals surface area (Å²) in [7, 11) is 0. The maximum atomic E-state index is 12.5. The average molecular weight is 263 g/mol. The summed E-state index contributed by atoms with van der Waals surface area (Å²) in [6.45, 7) is 5.51. The van der Waals surface area contributed by atoms with Gasteiger partial charge in [-0.3, -0.25) is 9.59 Å². The highest BCUT2D eigenvalue weighted by Crippen LogP contribution is 2.54. The zero-order valence-electron chi connectivity index (χ0n) is 11.8. The Kier molecular flexibility index (Phi) is 2.57. The van der Waals surface area contributed by atoms with Gasteiger partial charge >= 0.3 is 0 Å². The van der Waals surface area contributed by atoms with E-state index in [9.17, 15) is 14.7 Å². The summed E-state index contributed by atoms with van der Waals surface area (Å²) in [5.74, 6) is 0.185. The molecule has 0 aromatic heterocycles. The van der Waals surface area contributed by atoms with Crippen LogP contribution in [0.15, 0.2) is 11.3 Å². The van der Waals surface area contributed by atoms with Crippen LogP contribution in [0.3, 0.4) is 0 Å². The van der Waals surface area contributed by atoms with Crippen molar-refractivity contribution in [3.05, 3.63) is 11.3 Å². The number of ketones is 1. The molecule has 104 valence electrons. The van der Waals surface area contributed by atoms with Gasteiger partial charge in [0.1, 0.15) is 11.3 Å². The van der Waals surface area contributed by atoms with Crippen molar-refractivity contribution >= 4 is 11.7 Å². The monoisotopic (exact) mass is 263 g/mol. The van der Waals surface area contributed by atoms with Gasteiger partial charge in [-0.1, -0.05) is 12.8 Å². The van der Waals surface area contributed by atoms with Crippen LogP contribution in [0.5, 0.6) is 0 Å². The Bertz CT molecular complexity index is 492. The Hall–Kier alpha value is -1.32. The van der Waals surface area contributed by atoms with Crippen LogP contribution in [-0.2, 0) is 9.59 Å². The van der Waals surface area contributed by atoms with Crippen molar-refractivity contribution in [3.63, 3.8) is 0 Å². The van der Waals surface area contributed by atoms with E-state index in [1.54, 1.807) is 4.90 Å². The molecule has 1 saturated carbocycles. The van der Waals surface area contributed by atoms with Gasteiger partial charge < -0.3 is 10.0 Å². The number of carbonyl (C=O) groups excluding carboxylic acids is 2.